The van der Waals surface area contributed by atoms with Gasteiger partial charge in [0.05, 0.1) is 0 Å². The average Bonchev–Trinajstić information content (AvgIpc) is 2.68. The number of amidine groups is 1. The fourth-order valence-corrected chi connectivity index (χ4v) is 2.75. The molecule has 1 aliphatic rings. The highest BCUT2D eigenvalue weighted by molar-refractivity contribution is 8.14. The smallest absolute Gasteiger partial charge is 0.189 e. The Bertz CT molecular complexity index is 400. The number of carbonyl (C=O) groups excluding carboxylic acids is 1. The van der Waals surface area contributed by atoms with Gasteiger partial charge in [-0.15, -0.1) is 11.3 Å². The first-order valence-corrected chi connectivity index (χ1v) is 6.53. The molecule has 0 fully saturated rings. The Balaban J connectivity index is 2.04. The third-order valence-corrected chi connectivity index (χ3v) is 3.63. The molecule has 0 amide bonds. The van der Waals surface area contributed by atoms with Crippen LogP contribution in [-0.4, -0.2) is 28.2 Å². The second-order valence-electron chi connectivity index (χ2n) is 3.11. The van der Waals surface area contributed by atoms with Crippen LogP contribution >= 0.6 is 23.1 Å². The van der Waals surface area contributed by atoms with Crippen molar-refractivity contribution in [1.82, 2.24) is 4.98 Å². The lowest BCUT2D eigenvalue weighted by molar-refractivity contribution is 0.101. The van der Waals surface area contributed by atoms with Gasteiger partial charge in [-0.1, -0.05) is 11.8 Å². The number of ketones is 1. The molecule has 0 aromatic carbocycles. The number of thiazole rings is 1. The molecular weight excluding hydrogens is 230 g/mol. The van der Waals surface area contributed by atoms with Crippen molar-refractivity contribution in [3.63, 3.8) is 0 Å². The Morgan fingerprint density at radius 1 is 1.60 bits per heavy atom. The molecule has 2 heterocycles. The first kappa shape index (κ1) is 10.6. The molecule has 6 heteroatoms. The number of carbonyl (C=O) groups is 1. The Kier molecular flexibility index (Phi) is 3.37. The Morgan fingerprint density at radius 2 is 2.47 bits per heavy atom. The van der Waals surface area contributed by atoms with Crippen LogP contribution in [0.5, 0.6) is 0 Å². The maximum absolute atomic E-state index is 11.0. The fourth-order valence-electron chi connectivity index (χ4n) is 1.12. The van der Waals surface area contributed by atoms with E-state index in [1.165, 1.54) is 18.3 Å². The van der Waals surface area contributed by atoms with Gasteiger partial charge in [0.1, 0.15) is 5.69 Å². The third kappa shape index (κ3) is 2.79. The molecule has 0 unspecified atom stereocenters. The van der Waals surface area contributed by atoms with Crippen molar-refractivity contribution in [3.8, 4) is 0 Å². The van der Waals surface area contributed by atoms with Gasteiger partial charge in [0, 0.05) is 24.6 Å². The van der Waals surface area contributed by atoms with Gasteiger partial charge in [-0.2, -0.15) is 0 Å². The molecule has 0 radical (unpaired) electrons. The zero-order chi connectivity index (χ0) is 10.7. The lowest BCUT2D eigenvalue weighted by Crippen LogP contribution is -2.13. The minimum Gasteiger partial charge on any atom is -0.311 e. The van der Waals surface area contributed by atoms with Crippen LogP contribution in [0.3, 0.4) is 0 Å². The Hall–Kier alpha value is -0.880. The molecule has 80 valence electrons. The first-order chi connectivity index (χ1) is 7.25. The van der Waals surface area contributed by atoms with Crippen molar-refractivity contribution < 1.29 is 4.79 Å². The topological polar surface area (TPSA) is 54.4 Å². The summed E-state index contributed by atoms with van der Waals surface area (Å²) in [7, 11) is 0. The fraction of sp³-hybridized carbons (Fsp3) is 0.444. The van der Waals surface area contributed by atoms with Gasteiger partial charge in [-0.05, 0) is 6.42 Å². The van der Waals surface area contributed by atoms with E-state index in [-0.39, 0.29) is 5.78 Å². The molecule has 0 saturated carbocycles. The summed E-state index contributed by atoms with van der Waals surface area (Å²) < 4.78 is 0. The van der Waals surface area contributed by atoms with Crippen LogP contribution in [0.2, 0.25) is 0 Å². The number of hydrogen-bond donors (Lipinski definition) is 1. The van der Waals surface area contributed by atoms with Gasteiger partial charge in [0.25, 0.3) is 0 Å². The van der Waals surface area contributed by atoms with E-state index >= 15 is 0 Å². The van der Waals surface area contributed by atoms with Crippen LogP contribution in [0.1, 0.15) is 23.8 Å². The first-order valence-electron chi connectivity index (χ1n) is 4.66. The van der Waals surface area contributed by atoms with Gasteiger partial charge in [-0.25, -0.2) is 4.98 Å². The normalized spacial score (nSPS) is 15.9. The van der Waals surface area contributed by atoms with Gasteiger partial charge in [-0.3, -0.25) is 9.79 Å². The van der Waals surface area contributed by atoms with Crippen molar-refractivity contribution in [1.29, 1.82) is 0 Å². The molecule has 0 bridgehead atoms. The highest BCUT2D eigenvalue weighted by Gasteiger charge is 2.10. The van der Waals surface area contributed by atoms with Crippen molar-refractivity contribution in [2.45, 2.75) is 13.3 Å². The number of aliphatic imine (C=N–C) groups is 1. The van der Waals surface area contributed by atoms with E-state index in [1.807, 2.05) is 0 Å². The molecule has 4 nitrogen and oxygen atoms in total. The molecule has 0 spiro atoms. The summed E-state index contributed by atoms with van der Waals surface area (Å²) in [5.41, 5.74) is 0.518. The van der Waals surface area contributed by atoms with E-state index in [4.69, 9.17) is 0 Å². The minimum absolute atomic E-state index is 0.00228. The van der Waals surface area contributed by atoms with E-state index in [0.717, 1.165) is 29.0 Å². The lowest BCUT2D eigenvalue weighted by atomic mass is 10.4. The maximum Gasteiger partial charge on any atom is 0.189 e. The molecule has 0 atom stereocenters. The molecule has 1 aromatic rings. The predicted molar refractivity (Wildman–Crippen MR) is 65.1 cm³/mol. The standard InChI is InChI=1S/C9H11N3OS2/c1-6(13)7-5-15-9(11-7)12-8-10-3-2-4-14-8/h5H,2-4H2,1H3,(H,10,11,12). The van der Waals surface area contributed by atoms with Crippen LogP contribution in [-0.2, 0) is 0 Å². The minimum atomic E-state index is -0.00228. The maximum atomic E-state index is 11.0. The van der Waals surface area contributed by atoms with Gasteiger partial charge in [0.15, 0.2) is 16.1 Å². The Labute approximate surface area is 96.2 Å². The Morgan fingerprint density at radius 3 is 3.07 bits per heavy atom. The molecular formula is C9H11N3OS2. The molecule has 1 aliphatic heterocycles. The predicted octanol–water partition coefficient (Wildman–Crippen LogP) is 2.25. The number of thioether (sulfide) groups is 1. The van der Waals surface area contributed by atoms with Crippen LogP contribution in [0.25, 0.3) is 0 Å². The zero-order valence-electron chi connectivity index (χ0n) is 8.32. The SMILES string of the molecule is CC(=O)c1csc(NC2=NCCCS2)n1. The average molecular weight is 241 g/mol. The van der Waals surface area contributed by atoms with E-state index in [0.29, 0.717) is 5.69 Å². The summed E-state index contributed by atoms with van der Waals surface area (Å²) in [5.74, 6) is 1.09. The van der Waals surface area contributed by atoms with Crippen LogP contribution < -0.4 is 5.32 Å². The number of hydrogen-bond acceptors (Lipinski definition) is 6. The molecule has 15 heavy (non-hydrogen) atoms. The summed E-state index contributed by atoms with van der Waals surface area (Å²) in [6.07, 6.45) is 1.13. The second-order valence-corrected chi connectivity index (χ2v) is 5.05. The van der Waals surface area contributed by atoms with Crippen molar-refractivity contribution in [2.24, 2.45) is 4.99 Å². The van der Waals surface area contributed by atoms with Gasteiger partial charge in [0.2, 0.25) is 0 Å². The molecule has 0 aliphatic carbocycles. The van der Waals surface area contributed by atoms with Gasteiger partial charge >= 0.3 is 0 Å². The van der Waals surface area contributed by atoms with Crippen molar-refractivity contribution >= 4 is 39.2 Å². The summed E-state index contributed by atoms with van der Waals surface area (Å²) in [5, 5.41) is 6.54. The highest BCUT2D eigenvalue weighted by Crippen LogP contribution is 2.19. The summed E-state index contributed by atoms with van der Waals surface area (Å²) in [6, 6.07) is 0. The van der Waals surface area contributed by atoms with E-state index in [2.05, 4.69) is 15.3 Å². The van der Waals surface area contributed by atoms with Crippen LogP contribution in [0.15, 0.2) is 10.4 Å². The molecule has 2 rings (SSSR count). The summed E-state index contributed by atoms with van der Waals surface area (Å²) in [4.78, 5) is 19.5. The highest BCUT2D eigenvalue weighted by atomic mass is 32.2. The molecule has 0 saturated heterocycles. The van der Waals surface area contributed by atoms with E-state index in [9.17, 15) is 4.79 Å². The quantitative estimate of drug-likeness (QED) is 0.807. The van der Waals surface area contributed by atoms with E-state index in [1.54, 1.807) is 17.1 Å². The van der Waals surface area contributed by atoms with Crippen LogP contribution in [0, 0.1) is 0 Å². The zero-order valence-corrected chi connectivity index (χ0v) is 9.95. The summed E-state index contributed by atoms with van der Waals surface area (Å²) >= 11 is 3.13. The number of nitrogens with zero attached hydrogens (tertiary/aromatic N) is 2. The monoisotopic (exact) mass is 241 g/mol. The van der Waals surface area contributed by atoms with Gasteiger partial charge < -0.3 is 5.32 Å². The number of nitrogens with one attached hydrogen (secondary N) is 1. The van der Waals surface area contributed by atoms with Crippen LogP contribution in [0.4, 0.5) is 5.13 Å². The lowest BCUT2D eigenvalue weighted by Gasteiger charge is -2.10. The number of rotatable bonds is 2. The molecule has 1 aromatic heterocycles. The number of aromatic nitrogens is 1. The third-order valence-electron chi connectivity index (χ3n) is 1.88. The molecule has 1 N–H and O–H groups in total. The second kappa shape index (κ2) is 4.76. The van der Waals surface area contributed by atoms with Crippen molar-refractivity contribution in [3.05, 3.63) is 11.1 Å². The largest absolute Gasteiger partial charge is 0.311 e. The number of anilines is 1. The number of Topliss-reactive ketones (excluding diaryl/α,β-unsaturated/α-hetero) is 1. The summed E-state index contributed by atoms with van der Waals surface area (Å²) in [6.45, 7) is 2.39. The van der Waals surface area contributed by atoms with E-state index < -0.39 is 0 Å². The van der Waals surface area contributed by atoms with Crippen molar-refractivity contribution in [2.75, 3.05) is 17.6 Å².